The summed E-state index contributed by atoms with van der Waals surface area (Å²) < 4.78 is 42.7. The highest BCUT2D eigenvalue weighted by molar-refractivity contribution is 6.30. The van der Waals surface area contributed by atoms with Crippen molar-refractivity contribution < 1.29 is 13.2 Å². The highest BCUT2D eigenvalue weighted by Crippen LogP contribution is 2.43. The van der Waals surface area contributed by atoms with Crippen molar-refractivity contribution in [3.63, 3.8) is 0 Å². The number of nitriles is 1. The molecule has 1 aliphatic carbocycles. The number of nitrogens with zero attached hydrogens (tertiary/aromatic N) is 4. The van der Waals surface area contributed by atoms with Gasteiger partial charge in [0.25, 0.3) is 0 Å². The van der Waals surface area contributed by atoms with Gasteiger partial charge in [0.05, 0.1) is 23.4 Å². The lowest BCUT2D eigenvalue weighted by Crippen LogP contribution is -2.08. The van der Waals surface area contributed by atoms with Gasteiger partial charge in [-0.25, -0.2) is 4.98 Å². The maximum Gasteiger partial charge on any atom is 0.417 e. The first kappa shape index (κ1) is 24.1. The van der Waals surface area contributed by atoms with Crippen LogP contribution in [0, 0.1) is 23.2 Å². The number of aryl methyl sites for hydroxylation is 1. The minimum atomic E-state index is -4.62. The van der Waals surface area contributed by atoms with Crippen molar-refractivity contribution in [1.82, 2.24) is 19.7 Å². The Morgan fingerprint density at radius 2 is 2.08 bits per heavy atom. The first-order valence-electron chi connectivity index (χ1n) is 11.8. The van der Waals surface area contributed by atoms with Crippen molar-refractivity contribution in [2.45, 2.75) is 38.9 Å². The van der Waals surface area contributed by atoms with Crippen LogP contribution in [0.5, 0.6) is 0 Å². The third-order valence-corrected chi connectivity index (χ3v) is 7.08. The fourth-order valence-corrected chi connectivity index (χ4v) is 4.88. The van der Waals surface area contributed by atoms with E-state index in [-0.39, 0.29) is 16.2 Å². The molecule has 3 heterocycles. The zero-order chi connectivity index (χ0) is 25.4. The SMILES string of the molecule is CCC1C[C@@H]1CCn1cc(-c2cnc3[nH]cc(/C=C(\C#N)c4cc(Cl)ccc4C(F)(F)F)c3c2)cn1. The second-order valence-corrected chi connectivity index (χ2v) is 9.60. The van der Waals surface area contributed by atoms with Crippen molar-refractivity contribution in [1.29, 1.82) is 5.26 Å². The van der Waals surface area contributed by atoms with E-state index in [1.165, 1.54) is 18.9 Å². The Morgan fingerprint density at radius 1 is 1.25 bits per heavy atom. The van der Waals surface area contributed by atoms with Gasteiger partial charge in [0, 0.05) is 57.8 Å². The van der Waals surface area contributed by atoms with E-state index in [0.29, 0.717) is 16.6 Å². The maximum atomic E-state index is 13.6. The van der Waals surface area contributed by atoms with Gasteiger partial charge >= 0.3 is 6.18 Å². The molecule has 0 bridgehead atoms. The molecule has 0 radical (unpaired) electrons. The monoisotopic (exact) mass is 509 g/mol. The van der Waals surface area contributed by atoms with Crippen LogP contribution in [-0.4, -0.2) is 19.7 Å². The summed E-state index contributed by atoms with van der Waals surface area (Å²) in [4.78, 5) is 7.49. The molecule has 0 amide bonds. The summed E-state index contributed by atoms with van der Waals surface area (Å²) in [5, 5.41) is 15.0. The molecule has 0 saturated heterocycles. The number of aromatic nitrogens is 4. The Bertz CT molecular complexity index is 1490. The van der Waals surface area contributed by atoms with Crippen LogP contribution in [-0.2, 0) is 12.7 Å². The lowest BCUT2D eigenvalue weighted by Gasteiger charge is -2.12. The topological polar surface area (TPSA) is 70.3 Å². The number of nitrogens with one attached hydrogen (secondary N) is 1. The molecule has 0 aliphatic heterocycles. The van der Waals surface area contributed by atoms with Crippen LogP contribution in [0.1, 0.15) is 42.9 Å². The highest BCUT2D eigenvalue weighted by atomic mass is 35.5. The third kappa shape index (κ3) is 4.89. The molecular formula is C27H23ClF3N5. The summed E-state index contributed by atoms with van der Waals surface area (Å²) in [6.45, 7) is 3.09. The maximum absolute atomic E-state index is 13.6. The summed E-state index contributed by atoms with van der Waals surface area (Å²) >= 11 is 5.96. The number of aromatic amines is 1. The number of H-pyrrole nitrogens is 1. The second-order valence-electron chi connectivity index (χ2n) is 9.17. The Kier molecular flexibility index (Phi) is 6.35. The van der Waals surface area contributed by atoms with E-state index in [4.69, 9.17) is 11.6 Å². The number of pyridine rings is 1. The predicted octanol–water partition coefficient (Wildman–Crippen LogP) is 7.60. The average Bonchev–Trinajstić information content (AvgIpc) is 3.25. The number of alkyl halides is 3. The van der Waals surface area contributed by atoms with Gasteiger partial charge < -0.3 is 4.98 Å². The number of halogens is 4. The van der Waals surface area contributed by atoms with E-state index in [9.17, 15) is 18.4 Å². The Hall–Kier alpha value is -3.57. The van der Waals surface area contributed by atoms with Crippen LogP contribution in [0.4, 0.5) is 13.2 Å². The van der Waals surface area contributed by atoms with E-state index in [1.807, 2.05) is 23.0 Å². The molecule has 184 valence electrons. The van der Waals surface area contributed by atoms with Crippen LogP contribution in [0.3, 0.4) is 0 Å². The number of allylic oxidation sites excluding steroid dienone is 1. The minimum absolute atomic E-state index is 0.117. The van der Waals surface area contributed by atoms with Gasteiger partial charge in [-0.05, 0) is 55.0 Å². The molecule has 3 aromatic heterocycles. The van der Waals surface area contributed by atoms with Crippen molar-refractivity contribution in [2.24, 2.45) is 11.8 Å². The molecule has 1 unspecified atom stereocenters. The number of hydrogen-bond acceptors (Lipinski definition) is 3. The molecule has 36 heavy (non-hydrogen) atoms. The molecule has 1 aromatic carbocycles. The van der Waals surface area contributed by atoms with Crippen molar-refractivity contribution in [3.8, 4) is 17.2 Å². The molecule has 9 heteroatoms. The summed E-state index contributed by atoms with van der Waals surface area (Å²) in [6, 6.07) is 7.02. The predicted molar refractivity (Wildman–Crippen MR) is 134 cm³/mol. The average molecular weight is 510 g/mol. The summed E-state index contributed by atoms with van der Waals surface area (Å²) in [5.41, 5.74) is 1.53. The van der Waals surface area contributed by atoms with Gasteiger partial charge in [-0.3, -0.25) is 4.68 Å². The lowest BCUT2D eigenvalue weighted by atomic mass is 9.98. The number of rotatable bonds is 7. The number of hydrogen-bond donors (Lipinski definition) is 1. The van der Waals surface area contributed by atoms with Crippen molar-refractivity contribution in [3.05, 3.63) is 70.8 Å². The first-order valence-corrected chi connectivity index (χ1v) is 12.1. The molecule has 1 fully saturated rings. The number of benzene rings is 1. The van der Waals surface area contributed by atoms with Crippen molar-refractivity contribution in [2.75, 3.05) is 0 Å². The summed E-state index contributed by atoms with van der Waals surface area (Å²) in [6.07, 6.45) is 7.58. The smallest absolute Gasteiger partial charge is 0.346 e. The van der Waals surface area contributed by atoms with Crippen LogP contribution in [0.2, 0.25) is 5.02 Å². The van der Waals surface area contributed by atoms with Gasteiger partial charge in [0.1, 0.15) is 5.65 Å². The van der Waals surface area contributed by atoms with Gasteiger partial charge in [-0.15, -0.1) is 0 Å². The molecule has 5 nitrogen and oxygen atoms in total. The standard InChI is InChI=1S/C27H23ClF3N5/c1-2-16-7-17(16)5-6-36-15-21(14-35-36)19-9-24-20(13-34-26(24)33-12-19)8-18(11-32)23-10-22(28)3-4-25(23)27(29,30)31/h3-4,8-10,12-17H,2,5-7H2,1H3,(H,33,34)/b18-8+/t16?,17-/m0/s1. The van der Waals surface area contributed by atoms with Gasteiger partial charge in [0.15, 0.2) is 0 Å². The fraction of sp³-hybridized carbons (Fsp3) is 0.296. The molecule has 0 spiro atoms. The minimum Gasteiger partial charge on any atom is -0.346 e. The Balaban J connectivity index is 1.46. The van der Waals surface area contributed by atoms with Crippen LogP contribution in [0.25, 0.3) is 33.8 Å². The molecule has 2 atom stereocenters. The normalized spacial score (nSPS) is 17.9. The zero-order valence-corrected chi connectivity index (χ0v) is 20.2. The van der Waals surface area contributed by atoms with Gasteiger partial charge in [-0.2, -0.15) is 23.5 Å². The third-order valence-electron chi connectivity index (χ3n) is 6.85. The van der Waals surface area contributed by atoms with Gasteiger partial charge in [-0.1, -0.05) is 24.9 Å². The quantitative estimate of drug-likeness (QED) is 0.261. The van der Waals surface area contributed by atoms with E-state index >= 15 is 0 Å². The van der Waals surface area contributed by atoms with E-state index in [0.717, 1.165) is 54.1 Å². The van der Waals surface area contributed by atoms with E-state index in [2.05, 4.69) is 22.0 Å². The molecular weight excluding hydrogens is 487 g/mol. The fourth-order valence-electron chi connectivity index (χ4n) is 4.71. The van der Waals surface area contributed by atoms with Gasteiger partial charge in [0.2, 0.25) is 0 Å². The lowest BCUT2D eigenvalue weighted by molar-refractivity contribution is -0.137. The molecule has 4 aromatic rings. The van der Waals surface area contributed by atoms with Crippen molar-refractivity contribution >= 4 is 34.3 Å². The van der Waals surface area contributed by atoms with Crippen LogP contribution in [0.15, 0.2) is 49.1 Å². The molecule has 1 saturated carbocycles. The largest absolute Gasteiger partial charge is 0.417 e. The Morgan fingerprint density at radius 3 is 2.81 bits per heavy atom. The molecule has 1 aliphatic rings. The van der Waals surface area contributed by atoms with Crippen LogP contribution >= 0.6 is 11.6 Å². The molecule has 5 rings (SSSR count). The van der Waals surface area contributed by atoms with Crippen LogP contribution < -0.4 is 0 Å². The highest BCUT2D eigenvalue weighted by Gasteiger charge is 2.35. The second kappa shape index (κ2) is 9.47. The zero-order valence-electron chi connectivity index (χ0n) is 19.5. The molecule has 1 N–H and O–H groups in total. The number of fused-ring (bicyclic) bond motifs is 1. The Labute approximate surface area is 211 Å². The first-order chi connectivity index (χ1) is 17.3. The summed E-state index contributed by atoms with van der Waals surface area (Å²) in [5.74, 6) is 1.64. The summed E-state index contributed by atoms with van der Waals surface area (Å²) in [7, 11) is 0. The van der Waals surface area contributed by atoms with E-state index < -0.39 is 11.7 Å². The van der Waals surface area contributed by atoms with E-state index in [1.54, 1.807) is 18.6 Å².